The van der Waals surface area contributed by atoms with Crippen LogP contribution in [0.1, 0.15) is 31.7 Å². The van der Waals surface area contributed by atoms with Gasteiger partial charge in [0.25, 0.3) is 0 Å². The molecule has 1 aliphatic heterocycles. The van der Waals surface area contributed by atoms with Crippen LogP contribution in [0, 0.1) is 11.6 Å². The molecule has 2 heterocycles. The van der Waals surface area contributed by atoms with Crippen molar-refractivity contribution in [1.82, 2.24) is 14.8 Å². The number of aromatic nitrogens is 3. The van der Waals surface area contributed by atoms with Crippen LogP contribution in [-0.2, 0) is 21.6 Å². The maximum Gasteiger partial charge on any atom is 0.158 e. The zero-order chi connectivity index (χ0) is 17.9. The van der Waals surface area contributed by atoms with E-state index in [1.54, 1.807) is 6.92 Å². The number of hydrogen-bond acceptors (Lipinski definition) is 5. The van der Waals surface area contributed by atoms with E-state index in [9.17, 15) is 13.9 Å². The minimum absolute atomic E-state index is 0.0623. The largest absolute Gasteiger partial charge is 0.380 e. The zero-order valence-electron chi connectivity index (χ0n) is 13.9. The average Bonchev–Trinajstić information content (AvgIpc) is 3.08. The van der Waals surface area contributed by atoms with Gasteiger partial charge in [-0.05, 0) is 32.3 Å². The van der Waals surface area contributed by atoms with Gasteiger partial charge in [-0.2, -0.15) is 5.10 Å². The van der Waals surface area contributed by atoms with Crippen molar-refractivity contribution >= 4 is 0 Å². The van der Waals surface area contributed by atoms with Gasteiger partial charge in [-0.3, -0.25) is 0 Å². The van der Waals surface area contributed by atoms with Gasteiger partial charge in [0.05, 0.1) is 12.6 Å². The van der Waals surface area contributed by atoms with E-state index in [1.165, 1.54) is 23.4 Å². The van der Waals surface area contributed by atoms with Gasteiger partial charge in [0.15, 0.2) is 6.29 Å². The number of aliphatic hydroxyl groups is 1. The van der Waals surface area contributed by atoms with Crippen molar-refractivity contribution in [1.29, 1.82) is 0 Å². The van der Waals surface area contributed by atoms with Crippen LogP contribution >= 0.6 is 0 Å². The first-order chi connectivity index (χ1) is 12.0. The molecule has 0 bridgehead atoms. The SMILES string of the molecule is C[C@@H](OC1CCCCO1)C(O)(Cn1cncn1)c1ccc(F)cc1F. The van der Waals surface area contributed by atoms with Crippen LogP contribution in [0.2, 0.25) is 0 Å². The first kappa shape index (κ1) is 17.9. The molecule has 136 valence electrons. The summed E-state index contributed by atoms with van der Waals surface area (Å²) in [4.78, 5) is 3.83. The molecule has 1 aromatic heterocycles. The molecular formula is C17H21F2N3O3. The molecule has 0 saturated carbocycles. The van der Waals surface area contributed by atoms with E-state index >= 15 is 0 Å². The smallest absolute Gasteiger partial charge is 0.158 e. The molecule has 8 heteroatoms. The molecule has 0 amide bonds. The minimum atomic E-state index is -1.77. The minimum Gasteiger partial charge on any atom is -0.380 e. The molecule has 3 rings (SSSR count). The van der Waals surface area contributed by atoms with Gasteiger partial charge in [0.2, 0.25) is 0 Å². The Bertz CT molecular complexity index is 692. The molecule has 1 N–H and O–H groups in total. The summed E-state index contributed by atoms with van der Waals surface area (Å²) in [6, 6.07) is 3.07. The van der Waals surface area contributed by atoms with E-state index in [1.807, 2.05) is 0 Å². The molecule has 1 aliphatic rings. The normalized spacial score (nSPS) is 21.7. The number of ether oxygens (including phenoxy) is 2. The maximum atomic E-state index is 14.4. The standard InChI is InChI=1S/C17H21F2N3O3/c1-12(25-16-4-2-3-7-24-16)17(23,9-22-11-20-10-21-22)14-6-5-13(18)8-15(14)19/h5-6,8,10-12,16,23H,2-4,7,9H2,1H3/t12-,16?,17?/m1/s1. The zero-order valence-corrected chi connectivity index (χ0v) is 13.9. The van der Waals surface area contributed by atoms with Crippen LogP contribution in [0.25, 0.3) is 0 Å². The maximum absolute atomic E-state index is 14.4. The third-order valence-corrected chi connectivity index (χ3v) is 4.43. The van der Waals surface area contributed by atoms with Crippen LogP contribution in [0.5, 0.6) is 0 Å². The fraction of sp³-hybridized carbons (Fsp3) is 0.529. The molecule has 2 unspecified atom stereocenters. The van der Waals surface area contributed by atoms with Gasteiger partial charge in [0.1, 0.15) is 29.9 Å². The first-order valence-electron chi connectivity index (χ1n) is 8.26. The van der Waals surface area contributed by atoms with Crippen molar-refractivity contribution < 1.29 is 23.4 Å². The van der Waals surface area contributed by atoms with Gasteiger partial charge in [-0.25, -0.2) is 18.4 Å². The highest BCUT2D eigenvalue weighted by atomic mass is 19.1. The summed E-state index contributed by atoms with van der Waals surface area (Å²) < 4.78 is 40.4. The summed E-state index contributed by atoms with van der Waals surface area (Å²) in [5, 5.41) is 15.3. The monoisotopic (exact) mass is 353 g/mol. The van der Waals surface area contributed by atoms with Gasteiger partial charge >= 0.3 is 0 Å². The van der Waals surface area contributed by atoms with E-state index in [4.69, 9.17) is 9.47 Å². The lowest BCUT2D eigenvalue weighted by molar-refractivity contribution is -0.229. The van der Waals surface area contributed by atoms with Gasteiger partial charge in [-0.1, -0.05) is 6.07 Å². The van der Waals surface area contributed by atoms with Gasteiger partial charge in [-0.15, -0.1) is 0 Å². The lowest BCUT2D eigenvalue weighted by Crippen LogP contribution is -2.46. The molecule has 25 heavy (non-hydrogen) atoms. The molecule has 0 aliphatic carbocycles. The van der Waals surface area contributed by atoms with Crippen LogP contribution < -0.4 is 0 Å². The highest BCUT2D eigenvalue weighted by Crippen LogP contribution is 2.33. The first-order valence-corrected chi connectivity index (χ1v) is 8.26. The fourth-order valence-electron chi connectivity index (χ4n) is 2.99. The highest BCUT2D eigenvalue weighted by molar-refractivity contribution is 5.26. The second-order valence-electron chi connectivity index (χ2n) is 6.22. The van der Waals surface area contributed by atoms with Gasteiger partial charge in [0, 0.05) is 18.2 Å². The van der Waals surface area contributed by atoms with Crippen LogP contribution in [0.3, 0.4) is 0 Å². The van der Waals surface area contributed by atoms with Crippen molar-refractivity contribution in [3.63, 3.8) is 0 Å². The predicted octanol–water partition coefficient (Wildman–Crippen LogP) is 2.38. The molecule has 6 nitrogen and oxygen atoms in total. The molecule has 1 saturated heterocycles. The second kappa shape index (κ2) is 7.55. The second-order valence-corrected chi connectivity index (χ2v) is 6.22. The van der Waals surface area contributed by atoms with Crippen LogP contribution in [0.15, 0.2) is 30.9 Å². The highest BCUT2D eigenvalue weighted by Gasteiger charge is 2.41. The third kappa shape index (κ3) is 4.02. The Balaban J connectivity index is 1.89. The average molecular weight is 353 g/mol. The summed E-state index contributed by atoms with van der Waals surface area (Å²) in [5.41, 5.74) is -1.83. The lowest BCUT2D eigenvalue weighted by atomic mass is 9.88. The Labute approximate surface area is 144 Å². The Kier molecular flexibility index (Phi) is 5.41. The molecular weight excluding hydrogens is 332 g/mol. The van der Waals surface area contributed by atoms with Crippen LogP contribution in [-0.4, -0.2) is 38.9 Å². The Morgan fingerprint density at radius 2 is 2.28 bits per heavy atom. The van der Waals surface area contributed by atoms with Crippen molar-refractivity contribution in [2.24, 2.45) is 0 Å². The summed E-state index contributed by atoms with van der Waals surface area (Å²) >= 11 is 0. The fourth-order valence-corrected chi connectivity index (χ4v) is 2.99. The quantitative estimate of drug-likeness (QED) is 0.863. The molecule has 0 spiro atoms. The lowest BCUT2D eigenvalue weighted by Gasteiger charge is -2.37. The number of nitrogens with zero attached hydrogens (tertiary/aromatic N) is 3. The Morgan fingerprint density at radius 3 is 2.92 bits per heavy atom. The Morgan fingerprint density at radius 1 is 1.44 bits per heavy atom. The molecule has 1 aromatic carbocycles. The molecule has 1 fully saturated rings. The van der Waals surface area contributed by atoms with Crippen molar-refractivity contribution in [3.8, 4) is 0 Å². The predicted molar refractivity (Wildman–Crippen MR) is 84.4 cm³/mol. The third-order valence-electron chi connectivity index (χ3n) is 4.43. The van der Waals surface area contributed by atoms with Gasteiger partial charge < -0.3 is 14.6 Å². The van der Waals surface area contributed by atoms with E-state index in [0.29, 0.717) is 13.0 Å². The summed E-state index contributed by atoms with van der Waals surface area (Å²) in [6.45, 7) is 2.13. The van der Waals surface area contributed by atoms with E-state index in [-0.39, 0.29) is 12.1 Å². The number of hydrogen-bond donors (Lipinski definition) is 1. The molecule has 2 aromatic rings. The van der Waals surface area contributed by atoms with Crippen molar-refractivity contribution in [2.45, 2.75) is 50.7 Å². The molecule has 3 atom stereocenters. The van der Waals surface area contributed by atoms with Crippen LogP contribution in [0.4, 0.5) is 8.78 Å². The topological polar surface area (TPSA) is 69.4 Å². The number of halogens is 2. The van der Waals surface area contributed by atoms with Crippen molar-refractivity contribution in [3.05, 3.63) is 48.1 Å². The van der Waals surface area contributed by atoms with E-state index in [2.05, 4.69) is 10.1 Å². The molecule has 0 radical (unpaired) electrons. The summed E-state index contributed by atoms with van der Waals surface area (Å²) in [5.74, 6) is -1.56. The summed E-state index contributed by atoms with van der Waals surface area (Å²) in [6.07, 6.45) is 4.08. The van der Waals surface area contributed by atoms with Crippen molar-refractivity contribution in [2.75, 3.05) is 6.61 Å². The number of rotatable bonds is 6. The van der Waals surface area contributed by atoms with E-state index < -0.39 is 29.6 Å². The Hall–Kier alpha value is -1.90. The summed E-state index contributed by atoms with van der Waals surface area (Å²) in [7, 11) is 0. The van der Waals surface area contributed by atoms with E-state index in [0.717, 1.165) is 25.0 Å². The number of benzene rings is 1.